The van der Waals surface area contributed by atoms with Crippen molar-refractivity contribution in [1.29, 1.82) is 0 Å². The van der Waals surface area contributed by atoms with Gasteiger partial charge in [0.25, 0.3) is 0 Å². The normalized spacial score (nSPS) is 19.9. The fourth-order valence-corrected chi connectivity index (χ4v) is 1.51. The van der Waals surface area contributed by atoms with Gasteiger partial charge in [-0.05, 0) is 18.1 Å². The van der Waals surface area contributed by atoms with Gasteiger partial charge in [-0.25, -0.2) is 0 Å². The lowest BCUT2D eigenvalue weighted by Crippen LogP contribution is -2.27. The molecule has 1 aromatic carbocycles. The molecule has 1 heterocycles. The van der Waals surface area contributed by atoms with E-state index in [0.29, 0.717) is 13.2 Å². The summed E-state index contributed by atoms with van der Waals surface area (Å²) < 4.78 is 10.8. The third-order valence-electron chi connectivity index (χ3n) is 2.32. The Morgan fingerprint density at radius 1 is 1.21 bits per heavy atom. The van der Waals surface area contributed by atoms with Crippen LogP contribution in [0.5, 0.6) is 0 Å². The Morgan fingerprint density at radius 3 is 2.14 bits per heavy atom. The zero-order chi connectivity index (χ0) is 9.97. The van der Waals surface area contributed by atoms with Crippen molar-refractivity contribution >= 4 is 0 Å². The smallest absolute Gasteiger partial charge is 0.183 e. The lowest BCUT2D eigenvalue weighted by molar-refractivity contribution is -0.195. The highest BCUT2D eigenvalue weighted by atomic mass is 16.7. The van der Waals surface area contributed by atoms with Gasteiger partial charge in [-0.15, -0.1) is 0 Å². The van der Waals surface area contributed by atoms with Crippen LogP contribution in [0.3, 0.4) is 0 Å². The van der Waals surface area contributed by atoms with Gasteiger partial charge in [0.1, 0.15) is 6.10 Å². The van der Waals surface area contributed by atoms with Crippen LogP contribution < -0.4 is 0 Å². The first-order valence-corrected chi connectivity index (χ1v) is 4.75. The average Bonchev–Trinajstić information content (AvgIpc) is 2.39. The van der Waals surface area contributed by atoms with E-state index in [1.54, 1.807) is 6.92 Å². The van der Waals surface area contributed by atoms with E-state index in [0.717, 1.165) is 11.1 Å². The molecule has 0 amide bonds. The van der Waals surface area contributed by atoms with Crippen LogP contribution in [0.1, 0.15) is 18.1 Å². The number of benzene rings is 1. The zero-order valence-electron chi connectivity index (χ0n) is 8.14. The van der Waals surface area contributed by atoms with Crippen LogP contribution in [0.2, 0.25) is 0 Å². The van der Waals surface area contributed by atoms with Gasteiger partial charge < -0.3 is 14.6 Å². The first-order valence-electron chi connectivity index (χ1n) is 4.75. The summed E-state index contributed by atoms with van der Waals surface area (Å²) in [6.45, 7) is 2.68. The first kappa shape index (κ1) is 9.65. The molecule has 1 aliphatic rings. The van der Waals surface area contributed by atoms with Crippen LogP contribution >= 0.6 is 0 Å². The molecule has 1 unspecified atom stereocenters. The number of rotatable bonds is 1. The molecule has 1 N–H and O–H groups in total. The zero-order valence-corrected chi connectivity index (χ0v) is 8.14. The van der Waals surface area contributed by atoms with E-state index in [2.05, 4.69) is 0 Å². The van der Waals surface area contributed by atoms with Crippen LogP contribution in [-0.2, 0) is 22.7 Å². The molecule has 0 fully saturated rings. The molecule has 3 nitrogen and oxygen atoms in total. The Kier molecular flexibility index (Phi) is 2.82. The van der Waals surface area contributed by atoms with E-state index in [4.69, 9.17) is 9.47 Å². The van der Waals surface area contributed by atoms with Gasteiger partial charge >= 0.3 is 0 Å². The molecule has 0 saturated carbocycles. The summed E-state index contributed by atoms with van der Waals surface area (Å²) in [4.78, 5) is 0. The summed E-state index contributed by atoms with van der Waals surface area (Å²) in [5, 5.41) is 9.33. The van der Waals surface area contributed by atoms with Crippen molar-refractivity contribution in [1.82, 2.24) is 0 Å². The molecule has 0 radical (unpaired) electrons. The van der Waals surface area contributed by atoms with E-state index in [9.17, 15) is 5.11 Å². The van der Waals surface area contributed by atoms with Gasteiger partial charge in [0.15, 0.2) is 6.29 Å². The highest BCUT2D eigenvalue weighted by molar-refractivity contribution is 5.26. The van der Waals surface area contributed by atoms with E-state index in [1.165, 1.54) is 0 Å². The average molecular weight is 194 g/mol. The number of aliphatic hydroxyl groups excluding tert-OH is 1. The molecule has 76 valence electrons. The maximum Gasteiger partial charge on any atom is 0.183 e. The molecule has 0 aliphatic carbocycles. The van der Waals surface area contributed by atoms with Crippen molar-refractivity contribution in [2.45, 2.75) is 32.5 Å². The molecule has 0 saturated heterocycles. The molecular formula is C11H14O3. The van der Waals surface area contributed by atoms with Crippen molar-refractivity contribution in [3.8, 4) is 0 Å². The van der Waals surface area contributed by atoms with Crippen molar-refractivity contribution in [3.63, 3.8) is 0 Å². The van der Waals surface area contributed by atoms with E-state index >= 15 is 0 Å². The van der Waals surface area contributed by atoms with Crippen LogP contribution in [-0.4, -0.2) is 17.5 Å². The van der Waals surface area contributed by atoms with Crippen molar-refractivity contribution in [2.24, 2.45) is 0 Å². The van der Waals surface area contributed by atoms with Crippen LogP contribution in [0.25, 0.3) is 0 Å². The van der Waals surface area contributed by atoms with Gasteiger partial charge in [-0.3, -0.25) is 0 Å². The monoisotopic (exact) mass is 194 g/mol. The van der Waals surface area contributed by atoms with Crippen molar-refractivity contribution < 1.29 is 14.6 Å². The minimum absolute atomic E-state index is 0.506. The maximum atomic E-state index is 9.33. The number of aliphatic hydroxyl groups is 1. The second kappa shape index (κ2) is 4.09. The van der Waals surface area contributed by atoms with Crippen molar-refractivity contribution in [2.75, 3.05) is 0 Å². The van der Waals surface area contributed by atoms with Crippen LogP contribution in [0.4, 0.5) is 0 Å². The van der Waals surface area contributed by atoms with Gasteiger partial charge in [-0.1, -0.05) is 24.3 Å². The molecule has 0 aromatic heterocycles. The summed E-state index contributed by atoms with van der Waals surface area (Å²) in [6, 6.07) is 7.99. The summed E-state index contributed by atoms with van der Waals surface area (Å²) in [5.41, 5.74) is 2.27. The highest BCUT2D eigenvalue weighted by Crippen LogP contribution is 2.19. The van der Waals surface area contributed by atoms with E-state index in [-0.39, 0.29) is 0 Å². The predicted molar refractivity (Wildman–Crippen MR) is 51.5 cm³/mol. The Hall–Kier alpha value is -0.900. The SMILES string of the molecule is CC(O)C1OCc2ccccc2CO1. The van der Waals surface area contributed by atoms with Gasteiger partial charge in [0, 0.05) is 0 Å². The molecule has 0 bridgehead atoms. The molecule has 0 spiro atoms. The topological polar surface area (TPSA) is 38.7 Å². The molecule has 1 aromatic rings. The van der Waals surface area contributed by atoms with Crippen molar-refractivity contribution in [3.05, 3.63) is 35.4 Å². The lowest BCUT2D eigenvalue weighted by Gasteiger charge is -2.17. The Balaban J connectivity index is 2.14. The molecule has 1 atom stereocenters. The standard InChI is InChI=1S/C11H14O3/c1-8(12)11-13-6-9-4-2-3-5-10(9)7-14-11/h2-5,8,11-12H,6-7H2,1H3. The fourth-order valence-electron chi connectivity index (χ4n) is 1.51. The van der Waals surface area contributed by atoms with Crippen LogP contribution in [0, 0.1) is 0 Å². The van der Waals surface area contributed by atoms with E-state index in [1.807, 2.05) is 24.3 Å². The minimum Gasteiger partial charge on any atom is -0.388 e. The molecule has 2 rings (SSSR count). The highest BCUT2D eigenvalue weighted by Gasteiger charge is 2.20. The largest absolute Gasteiger partial charge is 0.388 e. The number of hydrogen-bond acceptors (Lipinski definition) is 3. The number of hydrogen-bond donors (Lipinski definition) is 1. The third-order valence-corrected chi connectivity index (χ3v) is 2.32. The first-order chi connectivity index (χ1) is 6.77. The fraction of sp³-hybridized carbons (Fsp3) is 0.455. The maximum absolute atomic E-state index is 9.33. The summed E-state index contributed by atoms with van der Waals surface area (Å²) in [6.07, 6.45) is -1.10. The molecule has 14 heavy (non-hydrogen) atoms. The molecule has 1 aliphatic heterocycles. The Morgan fingerprint density at radius 2 is 1.71 bits per heavy atom. The quantitative estimate of drug-likeness (QED) is 0.735. The predicted octanol–water partition coefficient (Wildman–Crippen LogP) is 1.44. The second-order valence-electron chi connectivity index (χ2n) is 3.50. The second-order valence-corrected chi connectivity index (χ2v) is 3.50. The van der Waals surface area contributed by atoms with Gasteiger partial charge in [0.2, 0.25) is 0 Å². The number of fused-ring (bicyclic) bond motifs is 1. The Labute approximate surface area is 83.3 Å². The molecular weight excluding hydrogens is 180 g/mol. The van der Waals surface area contributed by atoms with Crippen LogP contribution in [0.15, 0.2) is 24.3 Å². The molecule has 3 heteroatoms. The number of ether oxygens (including phenoxy) is 2. The summed E-state index contributed by atoms with van der Waals surface area (Å²) in [5.74, 6) is 0. The Bertz CT molecular complexity index is 282. The van der Waals surface area contributed by atoms with E-state index < -0.39 is 12.4 Å². The minimum atomic E-state index is -0.593. The third kappa shape index (κ3) is 1.95. The van der Waals surface area contributed by atoms with Gasteiger partial charge in [0.05, 0.1) is 13.2 Å². The summed E-state index contributed by atoms with van der Waals surface area (Å²) in [7, 11) is 0. The lowest BCUT2D eigenvalue weighted by atomic mass is 10.1. The van der Waals surface area contributed by atoms with Gasteiger partial charge in [-0.2, -0.15) is 0 Å². The summed E-state index contributed by atoms with van der Waals surface area (Å²) >= 11 is 0.